The lowest BCUT2D eigenvalue weighted by atomic mass is 10.1. The molecule has 0 unspecified atom stereocenters. The van der Waals surface area contributed by atoms with Gasteiger partial charge in [-0.25, -0.2) is 0 Å². The summed E-state index contributed by atoms with van der Waals surface area (Å²) < 4.78 is 5.94. The molecule has 1 fully saturated rings. The first-order chi connectivity index (χ1) is 12.8. The van der Waals surface area contributed by atoms with E-state index < -0.39 is 10.9 Å². The summed E-state index contributed by atoms with van der Waals surface area (Å²) in [6.07, 6.45) is 1.22. The second-order valence-corrected chi connectivity index (χ2v) is 7.14. The molecule has 1 aliphatic rings. The average molecular weight is 403 g/mol. The number of thioether (sulfide) groups is 1. The van der Waals surface area contributed by atoms with Gasteiger partial charge in [0.05, 0.1) is 9.83 Å². The maximum Gasteiger partial charge on any atom is 0.269 e. The molecule has 1 amide bonds. The number of furan rings is 1. The predicted octanol–water partition coefficient (Wildman–Crippen LogP) is 2.20. The molecule has 8 nitrogen and oxygen atoms in total. The second kappa shape index (κ2) is 7.72. The van der Waals surface area contributed by atoms with Crippen molar-refractivity contribution < 1.29 is 24.0 Å². The summed E-state index contributed by atoms with van der Waals surface area (Å²) in [6, 6.07) is 9.23. The van der Waals surface area contributed by atoms with Crippen molar-refractivity contribution in [2.45, 2.75) is 6.42 Å². The zero-order valence-electron chi connectivity index (χ0n) is 13.6. The van der Waals surface area contributed by atoms with E-state index in [1.54, 1.807) is 24.3 Å². The number of carbonyl (C=O) groups is 2. The van der Waals surface area contributed by atoms with E-state index in [0.29, 0.717) is 22.0 Å². The fraction of sp³-hybridized carbons (Fsp3) is 0.118. The van der Waals surface area contributed by atoms with E-state index in [1.165, 1.54) is 23.1 Å². The van der Waals surface area contributed by atoms with Crippen LogP contribution in [0.15, 0.2) is 45.7 Å². The highest BCUT2D eigenvalue weighted by Crippen LogP contribution is 2.33. The normalized spacial score (nSPS) is 15.6. The molecule has 1 aromatic carbocycles. The summed E-state index contributed by atoms with van der Waals surface area (Å²) in [6.45, 7) is -0.0451. The van der Waals surface area contributed by atoms with Crippen molar-refractivity contribution in [2.75, 3.05) is 6.54 Å². The van der Waals surface area contributed by atoms with Crippen LogP contribution in [0, 0.1) is 10.1 Å². The molecule has 3 rings (SSSR count). The summed E-state index contributed by atoms with van der Waals surface area (Å²) in [4.78, 5) is 34.7. The minimum absolute atomic E-state index is 0.0224. The number of aliphatic carboxylic acids is 1. The topological polar surface area (TPSA) is 117 Å². The molecule has 0 aliphatic carbocycles. The Hall–Kier alpha value is -2.98. The van der Waals surface area contributed by atoms with Crippen LogP contribution in [0.5, 0.6) is 0 Å². The van der Waals surface area contributed by atoms with Crippen LogP contribution in [-0.4, -0.2) is 32.6 Å². The van der Waals surface area contributed by atoms with Crippen molar-refractivity contribution in [1.29, 1.82) is 0 Å². The molecule has 27 heavy (non-hydrogen) atoms. The van der Waals surface area contributed by atoms with Gasteiger partial charge < -0.3 is 14.3 Å². The molecule has 1 aliphatic heterocycles. The number of nitrogens with zero attached hydrogens (tertiary/aromatic N) is 2. The van der Waals surface area contributed by atoms with Gasteiger partial charge in [-0.2, -0.15) is 0 Å². The molecule has 138 valence electrons. The van der Waals surface area contributed by atoms with Crippen molar-refractivity contribution in [2.24, 2.45) is 0 Å². The number of benzene rings is 1. The standard InChI is InChI=1S/C17H12N2O6S2/c20-15(21)7-8-18-16(22)14(27-17(18)26)9-12-5-6-13(25-12)10-1-3-11(4-2-10)19(23)24/h1-6,9H,7-8H2,(H,20,21)/p-1/b14-9+. The zero-order valence-corrected chi connectivity index (χ0v) is 15.2. The van der Waals surface area contributed by atoms with Crippen LogP contribution in [0.25, 0.3) is 17.4 Å². The Balaban J connectivity index is 1.76. The second-order valence-electron chi connectivity index (χ2n) is 5.46. The van der Waals surface area contributed by atoms with E-state index in [0.717, 1.165) is 11.8 Å². The van der Waals surface area contributed by atoms with Crippen molar-refractivity contribution in [3.63, 3.8) is 0 Å². The van der Waals surface area contributed by atoms with Gasteiger partial charge in [-0.15, -0.1) is 0 Å². The Kier molecular flexibility index (Phi) is 5.38. The Morgan fingerprint density at radius 1 is 1.26 bits per heavy atom. The number of carbonyl (C=O) groups excluding carboxylic acids is 2. The van der Waals surface area contributed by atoms with Gasteiger partial charge in [-0.3, -0.25) is 19.8 Å². The Labute approximate surface area is 162 Å². The summed E-state index contributed by atoms with van der Waals surface area (Å²) >= 11 is 6.17. The Morgan fingerprint density at radius 3 is 2.59 bits per heavy atom. The van der Waals surface area contributed by atoms with Crippen LogP contribution in [0.1, 0.15) is 12.2 Å². The quantitative estimate of drug-likeness (QED) is 0.312. The van der Waals surface area contributed by atoms with Gasteiger partial charge in [0.2, 0.25) is 0 Å². The minimum Gasteiger partial charge on any atom is -0.550 e. The Bertz CT molecular complexity index is 964. The number of carboxylic acids is 1. The highest BCUT2D eigenvalue weighted by atomic mass is 32.2. The summed E-state index contributed by atoms with van der Waals surface area (Å²) in [5, 5.41) is 21.3. The lowest BCUT2D eigenvalue weighted by molar-refractivity contribution is -0.384. The lowest BCUT2D eigenvalue weighted by Crippen LogP contribution is -2.33. The minimum atomic E-state index is -1.26. The van der Waals surface area contributed by atoms with E-state index in [-0.39, 0.29) is 28.9 Å². The number of rotatable bonds is 6. The maximum absolute atomic E-state index is 12.3. The number of nitro benzene ring substituents is 1. The molecule has 0 atom stereocenters. The van der Waals surface area contributed by atoms with Crippen LogP contribution < -0.4 is 5.11 Å². The summed E-state index contributed by atoms with van der Waals surface area (Å²) in [5.74, 6) is -0.751. The first-order valence-corrected chi connectivity index (χ1v) is 8.87. The van der Waals surface area contributed by atoms with Crippen molar-refractivity contribution in [3.8, 4) is 11.3 Å². The molecule has 0 spiro atoms. The third-order valence-electron chi connectivity index (χ3n) is 3.68. The molecule has 10 heteroatoms. The number of carboxylic acid groups (broad SMARTS) is 1. The smallest absolute Gasteiger partial charge is 0.269 e. The van der Waals surface area contributed by atoms with Crippen molar-refractivity contribution in [3.05, 3.63) is 57.2 Å². The molecule has 0 radical (unpaired) electrons. The number of thiocarbonyl (C=S) groups is 1. The molecule has 2 heterocycles. The van der Waals surface area contributed by atoms with Gasteiger partial charge in [0, 0.05) is 42.7 Å². The molecule has 0 saturated carbocycles. The molecule has 0 N–H and O–H groups in total. The fourth-order valence-corrected chi connectivity index (χ4v) is 3.65. The van der Waals surface area contributed by atoms with Crippen molar-refractivity contribution >= 4 is 51.9 Å². The largest absolute Gasteiger partial charge is 0.550 e. The SMILES string of the molecule is O=C([O-])CCN1C(=O)/C(=C\c2ccc(-c3ccc([N+](=O)[O-])cc3)o2)SC1=S. The summed E-state index contributed by atoms with van der Waals surface area (Å²) in [5.41, 5.74) is 0.632. The van der Waals surface area contributed by atoms with Gasteiger partial charge in [0.1, 0.15) is 15.8 Å². The van der Waals surface area contributed by atoms with Crippen LogP contribution in [0.4, 0.5) is 5.69 Å². The first kappa shape index (κ1) is 18.8. The van der Waals surface area contributed by atoms with Gasteiger partial charge in [-0.05, 0) is 24.3 Å². The number of nitro groups is 1. The molecule has 1 saturated heterocycles. The number of hydrogen-bond donors (Lipinski definition) is 0. The molecule has 2 aromatic rings. The average Bonchev–Trinajstić information content (AvgIpc) is 3.19. The van der Waals surface area contributed by atoms with Gasteiger partial charge in [0.15, 0.2) is 0 Å². The van der Waals surface area contributed by atoms with Crippen LogP contribution in [-0.2, 0) is 9.59 Å². The van der Waals surface area contributed by atoms with E-state index in [9.17, 15) is 24.8 Å². The van der Waals surface area contributed by atoms with Crippen LogP contribution in [0.3, 0.4) is 0 Å². The molecular formula is C17H11N2O6S2-. The number of non-ortho nitro benzene ring substituents is 1. The molecular weight excluding hydrogens is 392 g/mol. The zero-order chi connectivity index (χ0) is 19.6. The van der Waals surface area contributed by atoms with Crippen LogP contribution >= 0.6 is 24.0 Å². The van der Waals surface area contributed by atoms with Gasteiger partial charge in [0.25, 0.3) is 11.6 Å². The van der Waals surface area contributed by atoms with Gasteiger partial charge >= 0.3 is 0 Å². The lowest BCUT2D eigenvalue weighted by Gasteiger charge is -2.14. The first-order valence-electron chi connectivity index (χ1n) is 7.65. The predicted molar refractivity (Wildman–Crippen MR) is 100 cm³/mol. The molecule has 0 bridgehead atoms. The molecule has 1 aromatic heterocycles. The number of hydrogen-bond acceptors (Lipinski definition) is 8. The van der Waals surface area contributed by atoms with Gasteiger partial charge in [-0.1, -0.05) is 24.0 Å². The highest BCUT2D eigenvalue weighted by molar-refractivity contribution is 8.26. The summed E-state index contributed by atoms with van der Waals surface area (Å²) in [7, 11) is 0. The maximum atomic E-state index is 12.3. The van der Waals surface area contributed by atoms with E-state index in [2.05, 4.69) is 0 Å². The van der Waals surface area contributed by atoms with E-state index in [1.807, 2.05) is 0 Å². The third-order valence-corrected chi connectivity index (χ3v) is 5.05. The van der Waals surface area contributed by atoms with E-state index >= 15 is 0 Å². The Morgan fingerprint density at radius 2 is 1.96 bits per heavy atom. The number of amides is 1. The van der Waals surface area contributed by atoms with E-state index in [4.69, 9.17) is 16.6 Å². The van der Waals surface area contributed by atoms with Crippen molar-refractivity contribution in [1.82, 2.24) is 4.90 Å². The highest BCUT2D eigenvalue weighted by Gasteiger charge is 2.31. The van der Waals surface area contributed by atoms with Crippen LogP contribution in [0.2, 0.25) is 0 Å². The fourth-order valence-electron chi connectivity index (χ4n) is 2.36. The third kappa shape index (κ3) is 4.23. The monoisotopic (exact) mass is 403 g/mol.